The number of unbranched alkanes of at least 4 members (excludes halogenated alkanes) is 35. The first-order chi connectivity index (χ1) is 32.6. The van der Waals surface area contributed by atoms with Gasteiger partial charge in [0.25, 0.3) is 0 Å². The fourth-order valence-corrected chi connectivity index (χ4v) is 8.52. The van der Waals surface area contributed by atoms with Crippen LogP contribution in [0.3, 0.4) is 0 Å². The minimum absolute atomic E-state index is 0.0810. The van der Waals surface area contributed by atoms with E-state index in [1.165, 1.54) is 205 Å². The zero-order valence-electron chi connectivity index (χ0n) is 44.5. The molecule has 0 unspecified atom stereocenters. The van der Waals surface area contributed by atoms with Crippen molar-refractivity contribution in [2.75, 3.05) is 19.8 Å². The van der Waals surface area contributed by atoms with Gasteiger partial charge in [-0.3, -0.25) is 9.59 Å². The van der Waals surface area contributed by atoms with Gasteiger partial charge in [-0.15, -0.1) is 0 Å². The van der Waals surface area contributed by atoms with E-state index < -0.39 is 6.10 Å². The Hall–Kier alpha value is -2.14. The van der Waals surface area contributed by atoms with Gasteiger partial charge in [-0.1, -0.05) is 262 Å². The van der Waals surface area contributed by atoms with Gasteiger partial charge in [0.15, 0.2) is 6.10 Å². The lowest BCUT2D eigenvalue weighted by molar-refractivity contribution is -0.163. The number of hydrogen-bond acceptors (Lipinski definition) is 5. The molecule has 0 aliphatic heterocycles. The Labute approximate surface area is 412 Å². The first-order valence-corrected chi connectivity index (χ1v) is 29.2. The maximum atomic E-state index is 12.8. The molecule has 0 N–H and O–H groups in total. The largest absolute Gasteiger partial charge is 0.462 e. The molecule has 0 saturated heterocycles. The molecule has 0 amide bonds. The number of esters is 2. The van der Waals surface area contributed by atoms with E-state index in [9.17, 15) is 9.59 Å². The van der Waals surface area contributed by atoms with Gasteiger partial charge < -0.3 is 14.2 Å². The highest BCUT2D eigenvalue weighted by molar-refractivity contribution is 5.70. The molecule has 386 valence electrons. The minimum atomic E-state index is -0.543. The van der Waals surface area contributed by atoms with Crippen LogP contribution in [0.4, 0.5) is 0 Å². The zero-order chi connectivity index (χ0) is 47.7. The number of hydrogen-bond donors (Lipinski definition) is 0. The molecular weight excluding hydrogens is 813 g/mol. The maximum absolute atomic E-state index is 12.8. The topological polar surface area (TPSA) is 61.8 Å². The molecule has 0 aliphatic rings. The van der Waals surface area contributed by atoms with E-state index in [-0.39, 0.29) is 25.2 Å². The summed E-state index contributed by atoms with van der Waals surface area (Å²) in [4.78, 5) is 25.5. The van der Waals surface area contributed by atoms with Crippen LogP contribution in [0, 0.1) is 0 Å². The molecule has 0 bridgehead atoms. The summed E-state index contributed by atoms with van der Waals surface area (Å²) >= 11 is 0. The number of carbonyl (C=O) groups is 2. The second-order valence-corrected chi connectivity index (χ2v) is 19.5. The van der Waals surface area contributed by atoms with Crippen LogP contribution in [0.5, 0.6) is 0 Å². The Bertz CT molecular complexity index is 1090. The molecule has 0 aromatic carbocycles. The van der Waals surface area contributed by atoms with E-state index in [2.05, 4.69) is 69.4 Å². The SMILES string of the molecule is CC/C=C\C/C=C\C/C=C\CCCCCCCC(=O)O[C@H](COCCCCCCCCCCCCCCCCCC)COC(=O)CCCCCCCCCCC/C=C\CCCCCCCC. The van der Waals surface area contributed by atoms with Crippen molar-refractivity contribution in [2.45, 2.75) is 309 Å². The van der Waals surface area contributed by atoms with Gasteiger partial charge in [-0.05, 0) is 77.0 Å². The maximum Gasteiger partial charge on any atom is 0.306 e. The van der Waals surface area contributed by atoms with Crippen LogP contribution >= 0.6 is 0 Å². The molecule has 1 atom stereocenters. The Morgan fingerprint density at radius 2 is 0.682 bits per heavy atom. The molecule has 0 rings (SSSR count). The number of rotatable bonds is 54. The number of ether oxygens (including phenoxy) is 3. The van der Waals surface area contributed by atoms with Crippen LogP contribution in [-0.4, -0.2) is 37.9 Å². The van der Waals surface area contributed by atoms with Gasteiger partial charge >= 0.3 is 11.9 Å². The quantitative estimate of drug-likeness (QED) is 0.0345. The molecule has 0 aliphatic carbocycles. The Morgan fingerprint density at radius 1 is 0.348 bits per heavy atom. The average Bonchev–Trinajstić information content (AvgIpc) is 3.32. The van der Waals surface area contributed by atoms with Gasteiger partial charge in [-0.2, -0.15) is 0 Å². The third-order valence-electron chi connectivity index (χ3n) is 12.8. The van der Waals surface area contributed by atoms with E-state index in [1.807, 2.05) is 0 Å². The molecule has 5 heteroatoms. The molecule has 0 fully saturated rings. The predicted octanol–water partition coefficient (Wildman–Crippen LogP) is 19.9. The summed E-state index contributed by atoms with van der Waals surface area (Å²) < 4.78 is 17.5. The monoisotopic (exact) mass is 925 g/mol. The summed E-state index contributed by atoms with van der Waals surface area (Å²) in [5.74, 6) is -0.403. The summed E-state index contributed by atoms with van der Waals surface area (Å²) in [7, 11) is 0. The van der Waals surface area contributed by atoms with Gasteiger partial charge in [0.1, 0.15) is 6.61 Å². The van der Waals surface area contributed by atoms with E-state index in [0.29, 0.717) is 19.4 Å². The highest BCUT2D eigenvalue weighted by Gasteiger charge is 2.17. The van der Waals surface area contributed by atoms with Crippen LogP contribution in [0.2, 0.25) is 0 Å². The fraction of sp³-hybridized carbons (Fsp3) is 0.836. The average molecular weight is 926 g/mol. The van der Waals surface area contributed by atoms with E-state index in [0.717, 1.165) is 64.2 Å². The summed E-state index contributed by atoms with van der Waals surface area (Å²) in [6.07, 6.45) is 71.3. The van der Waals surface area contributed by atoms with Crippen molar-refractivity contribution in [1.29, 1.82) is 0 Å². The van der Waals surface area contributed by atoms with Gasteiger partial charge in [0.2, 0.25) is 0 Å². The lowest BCUT2D eigenvalue weighted by atomic mass is 10.0. The van der Waals surface area contributed by atoms with Crippen molar-refractivity contribution >= 4 is 11.9 Å². The Balaban J connectivity index is 4.24. The fourth-order valence-electron chi connectivity index (χ4n) is 8.52. The van der Waals surface area contributed by atoms with Crippen LogP contribution in [0.1, 0.15) is 303 Å². The number of allylic oxidation sites excluding steroid dienone is 8. The van der Waals surface area contributed by atoms with E-state index in [4.69, 9.17) is 14.2 Å². The minimum Gasteiger partial charge on any atom is -0.462 e. The Kier molecular flexibility index (Phi) is 55.3. The molecule has 0 radical (unpaired) electrons. The first kappa shape index (κ1) is 63.9. The summed E-state index contributed by atoms with van der Waals surface area (Å²) in [5.41, 5.74) is 0. The summed E-state index contributed by atoms with van der Waals surface area (Å²) in [6, 6.07) is 0. The van der Waals surface area contributed by atoms with Crippen LogP contribution in [0.25, 0.3) is 0 Å². The van der Waals surface area contributed by atoms with Crippen molar-refractivity contribution in [3.05, 3.63) is 48.6 Å². The second kappa shape index (κ2) is 57.2. The molecule has 0 saturated carbocycles. The molecule has 0 spiro atoms. The zero-order valence-corrected chi connectivity index (χ0v) is 44.5. The second-order valence-electron chi connectivity index (χ2n) is 19.5. The lowest BCUT2D eigenvalue weighted by Gasteiger charge is -2.18. The van der Waals surface area contributed by atoms with Crippen molar-refractivity contribution in [3.63, 3.8) is 0 Å². The molecule has 0 heterocycles. The third-order valence-corrected chi connectivity index (χ3v) is 12.8. The van der Waals surface area contributed by atoms with Gasteiger partial charge in [-0.25, -0.2) is 0 Å². The third kappa shape index (κ3) is 54.5. The first-order valence-electron chi connectivity index (χ1n) is 29.2. The summed E-state index contributed by atoms with van der Waals surface area (Å²) in [6.45, 7) is 7.75. The van der Waals surface area contributed by atoms with Crippen LogP contribution in [-0.2, 0) is 23.8 Å². The smallest absolute Gasteiger partial charge is 0.306 e. The standard InChI is InChI=1S/C61H112O5/c1-4-7-10-13-16-19-22-25-28-30-31-32-34-36-39-42-45-48-51-54-60(62)65-58-59(57-64-56-53-50-47-44-41-38-35-29-26-23-20-17-14-11-8-5-2)66-61(63)55-52-49-46-43-40-37-33-27-24-21-18-15-12-9-6-3/h9,12,18,21,25,27-28,33,59H,4-8,10-11,13-17,19-20,22-24,26,29-32,34-58H2,1-3H3/b12-9-,21-18-,28-25-,33-27-/t59-/m1/s1. The van der Waals surface area contributed by atoms with Crippen LogP contribution < -0.4 is 0 Å². The molecule has 5 nitrogen and oxygen atoms in total. The highest BCUT2D eigenvalue weighted by atomic mass is 16.6. The van der Waals surface area contributed by atoms with Crippen molar-refractivity contribution in [3.8, 4) is 0 Å². The Morgan fingerprint density at radius 3 is 1.11 bits per heavy atom. The molecule has 0 aromatic heterocycles. The number of carbonyl (C=O) groups excluding carboxylic acids is 2. The normalized spacial score (nSPS) is 12.5. The van der Waals surface area contributed by atoms with E-state index >= 15 is 0 Å². The van der Waals surface area contributed by atoms with E-state index in [1.54, 1.807) is 0 Å². The molecular formula is C61H112O5. The molecule has 66 heavy (non-hydrogen) atoms. The van der Waals surface area contributed by atoms with Crippen molar-refractivity contribution in [1.82, 2.24) is 0 Å². The highest BCUT2D eigenvalue weighted by Crippen LogP contribution is 2.16. The lowest BCUT2D eigenvalue weighted by Crippen LogP contribution is -2.30. The predicted molar refractivity (Wildman–Crippen MR) is 288 cm³/mol. The van der Waals surface area contributed by atoms with Gasteiger partial charge in [0, 0.05) is 19.4 Å². The summed E-state index contributed by atoms with van der Waals surface area (Å²) in [5, 5.41) is 0. The molecule has 0 aromatic rings. The van der Waals surface area contributed by atoms with Crippen molar-refractivity contribution in [2.24, 2.45) is 0 Å². The van der Waals surface area contributed by atoms with Crippen molar-refractivity contribution < 1.29 is 23.8 Å². The van der Waals surface area contributed by atoms with Gasteiger partial charge in [0.05, 0.1) is 6.61 Å². The van der Waals surface area contributed by atoms with Crippen LogP contribution in [0.15, 0.2) is 48.6 Å².